The van der Waals surface area contributed by atoms with Crippen molar-refractivity contribution in [1.82, 2.24) is 14.7 Å². The van der Waals surface area contributed by atoms with Crippen molar-refractivity contribution in [3.63, 3.8) is 0 Å². The molecule has 1 amide bonds. The fraction of sp³-hybridized carbons (Fsp3) is 0.550. The van der Waals surface area contributed by atoms with E-state index in [0.717, 1.165) is 30.8 Å². The van der Waals surface area contributed by atoms with Crippen molar-refractivity contribution in [2.75, 3.05) is 31.8 Å². The van der Waals surface area contributed by atoms with Gasteiger partial charge in [-0.1, -0.05) is 31.5 Å². The predicted molar refractivity (Wildman–Crippen MR) is 110 cm³/mol. The van der Waals surface area contributed by atoms with E-state index in [-0.39, 0.29) is 17.5 Å². The van der Waals surface area contributed by atoms with Crippen LogP contribution in [0.5, 0.6) is 0 Å². The lowest BCUT2D eigenvalue weighted by Crippen LogP contribution is -2.43. The summed E-state index contributed by atoms with van der Waals surface area (Å²) in [6, 6.07) is 7.47. The topological polar surface area (TPSA) is 64.4 Å². The van der Waals surface area contributed by atoms with Gasteiger partial charge in [0.1, 0.15) is 0 Å². The molecule has 1 aromatic heterocycles. The number of rotatable bonds is 8. The second-order valence-electron chi connectivity index (χ2n) is 6.78. The molecule has 2 heterocycles. The third-order valence-electron chi connectivity index (χ3n) is 4.94. The average Bonchev–Trinajstić information content (AvgIpc) is 3.22. The van der Waals surface area contributed by atoms with Gasteiger partial charge in [0.2, 0.25) is 0 Å². The molecule has 146 valence electrons. The molecular weight excluding hydrogens is 362 g/mol. The maximum atomic E-state index is 13.5. The van der Waals surface area contributed by atoms with E-state index in [2.05, 4.69) is 12.0 Å². The molecule has 1 aliphatic rings. The van der Waals surface area contributed by atoms with E-state index in [1.54, 1.807) is 13.2 Å². The molecule has 0 spiro atoms. The molecule has 6 nitrogen and oxygen atoms in total. The highest BCUT2D eigenvalue weighted by Crippen LogP contribution is 2.25. The van der Waals surface area contributed by atoms with Crippen molar-refractivity contribution in [3.8, 4) is 0 Å². The molecule has 0 aliphatic carbocycles. The largest absolute Gasteiger partial charge is 0.383 e. The summed E-state index contributed by atoms with van der Waals surface area (Å²) >= 11 is 1.87. The van der Waals surface area contributed by atoms with Crippen LogP contribution in [0.25, 0.3) is 10.8 Å². The molecule has 0 saturated carbocycles. The lowest BCUT2D eigenvalue weighted by molar-refractivity contribution is 0.0618. The Morgan fingerprint density at radius 1 is 1.37 bits per heavy atom. The molecule has 0 bridgehead atoms. The number of thioether (sulfide) groups is 1. The summed E-state index contributed by atoms with van der Waals surface area (Å²) in [5.41, 5.74) is 0.241. The van der Waals surface area contributed by atoms with Gasteiger partial charge in [-0.05, 0) is 24.7 Å². The lowest BCUT2D eigenvalue weighted by Gasteiger charge is -2.28. The van der Waals surface area contributed by atoms with E-state index in [9.17, 15) is 9.59 Å². The summed E-state index contributed by atoms with van der Waals surface area (Å²) in [6.45, 7) is 3.62. The summed E-state index contributed by atoms with van der Waals surface area (Å²) in [6.07, 6.45) is 2.79. The van der Waals surface area contributed by atoms with Gasteiger partial charge in [0, 0.05) is 37.4 Å². The number of carbonyl (C=O) groups excluding carboxylic acids is 1. The number of nitrogens with zero attached hydrogens (tertiary/aromatic N) is 3. The normalized spacial score (nSPS) is 16.7. The van der Waals surface area contributed by atoms with Crippen LogP contribution in [0, 0.1) is 0 Å². The molecule has 1 fully saturated rings. The van der Waals surface area contributed by atoms with Gasteiger partial charge < -0.3 is 9.64 Å². The van der Waals surface area contributed by atoms with Crippen molar-refractivity contribution in [3.05, 3.63) is 40.3 Å². The fourth-order valence-electron chi connectivity index (χ4n) is 3.40. The Morgan fingerprint density at radius 3 is 2.81 bits per heavy atom. The van der Waals surface area contributed by atoms with E-state index >= 15 is 0 Å². The van der Waals surface area contributed by atoms with E-state index in [0.29, 0.717) is 36.2 Å². The van der Waals surface area contributed by atoms with Crippen molar-refractivity contribution in [2.45, 2.75) is 38.8 Å². The van der Waals surface area contributed by atoms with E-state index in [4.69, 9.17) is 4.74 Å². The summed E-state index contributed by atoms with van der Waals surface area (Å²) in [5.74, 6) is 1.88. The number of fused-ring (bicyclic) bond motifs is 1. The first-order valence-electron chi connectivity index (χ1n) is 9.54. The third-order valence-corrected chi connectivity index (χ3v) is 6.08. The molecule has 27 heavy (non-hydrogen) atoms. The number of unbranched alkanes of at least 4 members (excludes halogenated alkanes) is 1. The number of benzene rings is 1. The van der Waals surface area contributed by atoms with Crippen LogP contribution in [0.4, 0.5) is 0 Å². The van der Waals surface area contributed by atoms with Crippen LogP contribution < -0.4 is 5.56 Å². The maximum Gasteiger partial charge on any atom is 0.275 e. The quantitative estimate of drug-likeness (QED) is 0.695. The first-order chi connectivity index (χ1) is 13.2. The van der Waals surface area contributed by atoms with Crippen molar-refractivity contribution < 1.29 is 9.53 Å². The molecule has 1 atom stereocenters. The lowest BCUT2D eigenvalue weighted by atomic mass is 10.1. The number of methoxy groups -OCH3 is 1. The Kier molecular flexibility index (Phi) is 6.90. The van der Waals surface area contributed by atoms with Crippen LogP contribution in [0.2, 0.25) is 0 Å². The van der Waals surface area contributed by atoms with Gasteiger partial charge in [-0.3, -0.25) is 9.59 Å². The number of ether oxygens (including phenoxy) is 1. The van der Waals surface area contributed by atoms with Gasteiger partial charge >= 0.3 is 0 Å². The Morgan fingerprint density at radius 2 is 2.15 bits per heavy atom. The number of aryl methyl sites for hydroxylation is 1. The van der Waals surface area contributed by atoms with Crippen molar-refractivity contribution in [1.29, 1.82) is 0 Å². The number of aromatic nitrogens is 2. The molecule has 7 heteroatoms. The molecular formula is C20H27N3O3S. The Labute approximate surface area is 163 Å². The zero-order valence-electron chi connectivity index (χ0n) is 16.0. The Balaban J connectivity index is 2.05. The van der Waals surface area contributed by atoms with Gasteiger partial charge in [0.15, 0.2) is 5.69 Å². The minimum absolute atomic E-state index is 0.110. The highest BCUT2D eigenvalue weighted by atomic mass is 32.2. The van der Waals surface area contributed by atoms with Gasteiger partial charge in [-0.2, -0.15) is 16.9 Å². The molecule has 0 radical (unpaired) electrons. The van der Waals surface area contributed by atoms with E-state index in [1.165, 1.54) is 4.68 Å². The minimum atomic E-state index is -0.129. The van der Waals surface area contributed by atoms with Crippen LogP contribution in [0.1, 0.15) is 36.7 Å². The molecule has 2 aromatic rings. The number of amides is 1. The summed E-state index contributed by atoms with van der Waals surface area (Å²) in [4.78, 5) is 28.1. The monoisotopic (exact) mass is 389 g/mol. The SMILES string of the molecule is CCCCn1nc(C(=O)N(CCOC)[C@@H]2CCSC2)c2ccccc2c1=O. The molecule has 3 rings (SSSR count). The molecule has 1 saturated heterocycles. The van der Waals surface area contributed by atoms with Gasteiger partial charge in [-0.25, -0.2) is 4.68 Å². The Bertz CT molecular complexity index is 846. The van der Waals surface area contributed by atoms with Gasteiger partial charge in [-0.15, -0.1) is 0 Å². The first-order valence-corrected chi connectivity index (χ1v) is 10.7. The minimum Gasteiger partial charge on any atom is -0.383 e. The van der Waals surface area contributed by atoms with Crippen molar-refractivity contribution in [2.24, 2.45) is 0 Å². The summed E-state index contributed by atoms with van der Waals surface area (Å²) in [5, 5.41) is 5.69. The van der Waals surface area contributed by atoms with Crippen LogP contribution in [-0.4, -0.2) is 58.4 Å². The van der Waals surface area contributed by atoms with Gasteiger partial charge in [0.25, 0.3) is 11.5 Å². The van der Waals surface area contributed by atoms with Crippen LogP contribution in [-0.2, 0) is 11.3 Å². The highest BCUT2D eigenvalue weighted by Gasteiger charge is 2.30. The predicted octanol–water partition coefficient (Wildman–Crippen LogP) is 2.79. The average molecular weight is 390 g/mol. The number of hydrogen-bond donors (Lipinski definition) is 0. The zero-order valence-corrected chi connectivity index (χ0v) is 16.8. The molecule has 1 aromatic carbocycles. The molecule has 0 unspecified atom stereocenters. The fourth-order valence-corrected chi connectivity index (χ4v) is 4.62. The van der Waals surface area contributed by atoms with Crippen LogP contribution in [0.3, 0.4) is 0 Å². The van der Waals surface area contributed by atoms with Crippen LogP contribution in [0.15, 0.2) is 29.1 Å². The third kappa shape index (κ3) is 4.35. The first kappa shape index (κ1) is 19.9. The van der Waals surface area contributed by atoms with Crippen molar-refractivity contribution >= 4 is 28.4 Å². The second-order valence-corrected chi connectivity index (χ2v) is 7.93. The van der Waals surface area contributed by atoms with E-state index in [1.807, 2.05) is 34.9 Å². The number of hydrogen-bond acceptors (Lipinski definition) is 5. The van der Waals surface area contributed by atoms with Crippen LogP contribution >= 0.6 is 11.8 Å². The second kappa shape index (κ2) is 9.37. The van der Waals surface area contributed by atoms with E-state index < -0.39 is 0 Å². The van der Waals surface area contributed by atoms with Gasteiger partial charge in [0.05, 0.1) is 12.0 Å². The maximum absolute atomic E-state index is 13.5. The smallest absolute Gasteiger partial charge is 0.275 e. The summed E-state index contributed by atoms with van der Waals surface area (Å²) in [7, 11) is 1.64. The zero-order chi connectivity index (χ0) is 19.2. The Hall–Kier alpha value is -1.86. The standard InChI is InChI=1S/C20H27N3O3S/c1-3-4-10-23-19(24)17-8-6-5-7-16(17)18(21-23)20(25)22(11-12-26-2)15-9-13-27-14-15/h5-8,15H,3-4,9-14H2,1-2H3/t15-/m1/s1. The molecule has 0 N–H and O–H groups in total. The number of carbonyl (C=O) groups is 1. The summed E-state index contributed by atoms with van der Waals surface area (Å²) < 4.78 is 6.68. The molecule has 1 aliphatic heterocycles. The highest BCUT2D eigenvalue weighted by molar-refractivity contribution is 7.99.